The second-order valence-corrected chi connectivity index (χ2v) is 10.5. The fourth-order valence-corrected chi connectivity index (χ4v) is 4.95. The zero-order chi connectivity index (χ0) is 23.6. The Balaban J connectivity index is 1.63. The van der Waals surface area contributed by atoms with E-state index in [1.54, 1.807) is 12.1 Å². The van der Waals surface area contributed by atoms with Crippen LogP contribution in [0.4, 0.5) is 0 Å². The van der Waals surface area contributed by atoms with Crippen LogP contribution in [0.3, 0.4) is 0 Å². The number of nitrogens with zero attached hydrogens (tertiary/aromatic N) is 1. The average molecular weight is 505 g/mol. The summed E-state index contributed by atoms with van der Waals surface area (Å²) >= 11 is 18.6. The molecule has 0 aliphatic heterocycles. The number of halogens is 3. The number of aromatic amines is 1. The van der Waals surface area contributed by atoms with Gasteiger partial charge in [0.05, 0.1) is 27.5 Å². The lowest BCUT2D eigenvalue weighted by Gasteiger charge is -2.33. The number of hydrogen-bond donors (Lipinski definition) is 2. The molecule has 1 saturated carbocycles. The van der Waals surface area contributed by atoms with Crippen molar-refractivity contribution in [1.82, 2.24) is 15.5 Å². The van der Waals surface area contributed by atoms with Crippen LogP contribution in [0, 0.1) is 12.3 Å². The first-order chi connectivity index (χ1) is 15.7. The van der Waals surface area contributed by atoms with Crippen LogP contribution in [0.15, 0.2) is 42.5 Å². The number of aryl methyl sites for hydroxylation is 1. The van der Waals surface area contributed by atoms with Crippen LogP contribution in [0.1, 0.15) is 61.9 Å². The quantitative estimate of drug-likeness (QED) is 0.361. The van der Waals surface area contributed by atoms with Crippen LogP contribution in [0.25, 0.3) is 11.3 Å². The van der Waals surface area contributed by atoms with E-state index >= 15 is 0 Å². The molecule has 1 atom stereocenters. The van der Waals surface area contributed by atoms with Crippen LogP contribution in [-0.4, -0.2) is 16.1 Å². The maximum Gasteiger partial charge on any atom is 0.226 e. The van der Waals surface area contributed by atoms with Gasteiger partial charge in [0.15, 0.2) is 0 Å². The van der Waals surface area contributed by atoms with E-state index in [9.17, 15) is 4.79 Å². The molecule has 1 unspecified atom stereocenters. The van der Waals surface area contributed by atoms with Crippen molar-refractivity contribution < 1.29 is 4.79 Å². The summed E-state index contributed by atoms with van der Waals surface area (Å²) in [7, 11) is 0. The third kappa shape index (κ3) is 5.56. The standard InChI is InChI=1S/C26H28Cl3N3O/c1-16-6-7-17(12-20(16)28)13-23(30-25(33)26(2)10-4-3-5-11-26)24-15-22(31-32-24)18-8-9-19(27)21(29)14-18/h6-9,12,14-15,23H,3-5,10-11,13H2,1-2H3,(H,30,33)(H,31,32). The Kier molecular flexibility index (Phi) is 7.37. The monoisotopic (exact) mass is 503 g/mol. The van der Waals surface area contributed by atoms with Gasteiger partial charge in [-0.15, -0.1) is 0 Å². The van der Waals surface area contributed by atoms with Gasteiger partial charge in [-0.25, -0.2) is 0 Å². The fourth-order valence-electron chi connectivity index (χ4n) is 4.45. The Hall–Kier alpha value is -2.01. The number of amides is 1. The van der Waals surface area contributed by atoms with Crippen molar-refractivity contribution in [2.45, 2.75) is 58.4 Å². The van der Waals surface area contributed by atoms with Gasteiger partial charge in [0.25, 0.3) is 0 Å². The van der Waals surface area contributed by atoms with Crippen LogP contribution in [0.2, 0.25) is 15.1 Å². The summed E-state index contributed by atoms with van der Waals surface area (Å²) in [5, 5.41) is 12.6. The maximum absolute atomic E-state index is 13.4. The predicted molar refractivity (Wildman–Crippen MR) is 136 cm³/mol. The van der Waals surface area contributed by atoms with E-state index in [-0.39, 0.29) is 17.4 Å². The number of nitrogens with one attached hydrogen (secondary N) is 2. The van der Waals surface area contributed by atoms with E-state index in [0.717, 1.165) is 58.8 Å². The molecule has 1 amide bonds. The SMILES string of the molecule is Cc1ccc(CC(NC(=O)C2(C)CCCCC2)c2cc(-c3ccc(Cl)c(Cl)c3)n[nH]2)cc1Cl. The summed E-state index contributed by atoms with van der Waals surface area (Å²) in [5.74, 6) is 0.0936. The lowest BCUT2D eigenvalue weighted by Crippen LogP contribution is -2.42. The summed E-state index contributed by atoms with van der Waals surface area (Å²) in [6.07, 6.45) is 5.81. The molecule has 0 bridgehead atoms. The van der Waals surface area contributed by atoms with Crippen molar-refractivity contribution in [3.8, 4) is 11.3 Å². The van der Waals surface area contributed by atoms with Crippen molar-refractivity contribution >= 4 is 40.7 Å². The predicted octanol–water partition coefficient (Wildman–Crippen LogP) is 7.72. The fraction of sp³-hybridized carbons (Fsp3) is 0.385. The Morgan fingerprint density at radius 3 is 2.48 bits per heavy atom. The molecule has 2 aromatic carbocycles. The lowest BCUT2D eigenvalue weighted by atomic mass is 9.75. The Labute approximate surface area is 210 Å². The van der Waals surface area contributed by atoms with Crippen molar-refractivity contribution in [3.05, 3.63) is 74.4 Å². The number of rotatable bonds is 6. The first kappa shape index (κ1) is 24.1. The van der Waals surface area contributed by atoms with Crippen molar-refractivity contribution in [2.24, 2.45) is 5.41 Å². The number of benzene rings is 2. The molecule has 4 nitrogen and oxygen atoms in total. The molecule has 1 aliphatic carbocycles. The normalized spacial score (nSPS) is 16.4. The highest BCUT2D eigenvalue weighted by atomic mass is 35.5. The molecule has 3 aromatic rings. The van der Waals surface area contributed by atoms with E-state index < -0.39 is 0 Å². The molecule has 7 heteroatoms. The van der Waals surface area contributed by atoms with Gasteiger partial charge in [-0.1, -0.05) is 79.2 Å². The molecular weight excluding hydrogens is 477 g/mol. The van der Waals surface area contributed by atoms with E-state index in [4.69, 9.17) is 34.8 Å². The van der Waals surface area contributed by atoms with Crippen LogP contribution in [-0.2, 0) is 11.2 Å². The summed E-state index contributed by atoms with van der Waals surface area (Å²) < 4.78 is 0. The van der Waals surface area contributed by atoms with Crippen molar-refractivity contribution in [3.63, 3.8) is 0 Å². The third-order valence-corrected chi connectivity index (χ3v) is 7.82. The largest absolute Gasteiger partial charge is 0.347 e. The molecule has 1 aliphatic rings. The molecular formula is C26H28Cl3N3O. The van der Waals surface area contributed by atoms with E-state index in [2.05, 4.69) is 28.5 Å². The number of hydrogen-bond acceptors (Lipinski definition) is 2. The van der Waals surface area contributed by atoms with Crippen LogP contribution >= 0.6 is 34.8 Å². The smallest absolute Gasteiger partial charge is 0.226 e. The molecule has 1 heterocycles. The first-order valence-corrected chi connectivity index (χ1v) is 12.5. The zero-order valence-corrected chi connectivity index (χ0v) is 21.1. The molecule has 0 spiro atoms. The number of carbonyl (C=O) groups is 1. The second kappa shape index (κ2) is 10.1. The topological polar surface area (TPSA) is 57.8 Å². The van der Waals surface area contributed by atoms with Crippen LogP contribution < -0.4 is 5.32 Å². The summed E-state index contributed by atoms with van der Waals surface area (Å²) in [6, 6.07) is 13.2. The van der Waals surface area contributed by atoms with Gasteiger partial charge in [-0.3, -0.25) is 9.89 Å². The first-order valence-electron chi connectivity index (χ1n) is 11.3. The zero-order valence-electron chi connectivity index (χ0n) is 18.9. The highest BCUT2D eigenvalue weighted by Crippen LogP contribution is 2.37. The van der Waals surface area contributed by atoms with Gasteiger partial charge in [-0.2, -0.15) is 5.10 Å². The highest BCUT2D eigenvalue weighted by Gasteiger charge is 2.36. The number of H-pyrrole nitrogens is 1. The van der Waals surface area contributed by atoms with Gasteiger partial charge in [-0.05, 0) is 61.6 Å². The van der Waals surface area contributed by atoms with Crippen molar-refractivity contribution in [1.29, 1.82) is 0 Å². The molecule has 4 rings (SSSR count). The van der Waals surface area contributed by atoms with E-state index in [1.807, 2.05) is 31.2 Å². The minimum absolute atomic E-state index is 0.0936. The second-order valence-electron chi connectivity index (χ2n) is 9.27. The minimum atomic E-state index is -0.339. The molecule has 33 heavy (non-hydrogen) atoms. The molecule has 2 N–H and O–H groups in total. The van der Waals surface area contributed by atoms with Crippen LogP contribution in [0.5, 0.6) is 0 Å². The van der Waals surface area contributed by atoms with Gasteiger partial charge in [0, 0.05) is 16.0 Å². The third-order valence-electron chi connectivity index (χ3n) is 6.68. The lowest BCUT2D eigenvalue weighted by molar-refractivity contribution is -0.132. The summed E-state index contributed by atoms with van der Waals surface area (Å²) in [4.78, 5) is 13.4. The molecule has 1 fully saturated rings. The van der Waals surface area contributed by atoms with E-state index in [0.29, 0.717) is 16.5 Å². The summed E-state index contributed by atoms with van der Waals surface area (Å²) in [6.45, 7) is 4.06. The molecule has 0 saturated heterocycles. The Morgan fingerprint density at radius 2 is 1.79 bits per heavy atom. The molecule has 174 valence electrons. The summed E-state index contributed by atoms with van der Waals surface area (Å²) in [5.41, 5.74) is 4.17. The maximum atomic E-state index is 13.4. The average Bonchev–Trinajstić information content (AvgIpc) is 3.28. The van der Waals surface area contributed by atoms with Crippen molar-refractivity contribution in [2.75, 3.05) is 0 Å². The van der Waals surface area contributed by atoms with Gasteiger partial charge in [0.2, 0.25) is 5.91 Å². The Morgan fingerprint density at radius 1 is 1.03 bits per heavy atom. The Bertz CT molecular complexity index is 1150. The van der Waals surface area contributed by atoms with E-state index in [1.165, 1.54) is 6.42 Å². The molecule has 0 radical (unpaired) electrons. The van der Waals surface area contributed by atoms with Gasteiger partial charge in [0.1, 0.15) is 0 Å². The molecule has 1 aromatic heterocycles. The van der Waals surface area contributed by atoms with Gasteiger partial charge < -0.3 is 5.32 Å². The highest BCUT2D eigenvalue weighted by molar-refractivity contribution is 6.42. The number of aromatic nitrogens is 2. The number of carbonyl (C=O) groups excluding carboxylic acids is 1. The minimum Gasteiger partial charge on any atom is -0.347 e. The van der Waals surface area contributed by atoms with Gasteiger partial charge >= 0.3 is 0 Å².